The first kappa shape index (κ1) is 15.5. The molecule has 0 saturated heterocycles. The molecule has 0 aliphatic rings. The molecule has 3 aromatic rings. The van der Waals surface area contributed by atoms with Crippen LogP contribution in [0.2, 0.25) is 0 Å². The predicted octanol–water partition coefficient (Wildman–Crippen LogP) is 5.26. The molecule has 0 fully saturated rings. The van der Waals surface area contributed by atoms with Crippen molar-refractivity contribution in [3.63, 3.8) is 0 Å². The van der Waals surface area contributed by atoms with Crippen LogP contribution in [0.4, 0.5) is 0 Å². The Labute approximate surface area is 138 Å². The molecule has 0 aliphatic heterocycles. The van der Waals surface area contributed by atoms with Crippen molar-refractivity contribution < 1.29 is 0 Å². The van der Waals surface area contributed by atoms with Crippen LogP contribution >= 0.6 is 0 Å². The zero-order valence-electron chi connectivity index (χ0n) is 14.1. The van der Waals surface area contributed by atoms with Gasteiger partial charge in [-0.3, -0.25) is 0 Å². The van der Waals surface area contributed by atoms with Crippen molar-refractivity contribution in [2.24, 2.45) is 5.41 Å². The molecule has 0 atom stereocenters. The van der Waals surface area contributed by atoms with Crippen LogP contribution in [0.15, 0.2) is 60.8 Å². The van der Waals surface area contributed by atoms with E-state index in [2.05, 4.69) is 74.3 Å². The molecule has 2 heteroatoms. The van der Waals surface area contributed by atoms with E-state index in [1.807, 2.05) is 12.3 Å². The van der Waals surface area contributed by atoms with Crippen molar-refractivity contribution in [3.8, 4) is 11.3 Å². The summed E-state index contributed by atoms with van der Waals surface area (Å²) in [7, 11) is 0. The molecule has 1 heterocycles. The average molecular weight is 304 g/mol. The summed E-state index contributed by atoms with van der Waals surface area (Å²) >= 11 is 0. The van der Waals surface area contributed by atoms with Crippen molar-refractivity contribution in [2.45, 2.75) is 33.6 Å². The van der Waals surface area contributed by atoms with Gasteiger partial charge in [0.1, 0.15) is 5.82 Å². The highest BCUT2D eigenvalue weighted by Gasteiger charge is 2.11. The lowest BCUT2D eigenvalue weighted by Gasteiger charge is -2.18. The molecular weight excluding hydrogens is 280 g/mol. The van der Waals surface area contributed by atoms with Gasteiger partial charge in [0, 0.05) is 18.2 Å². The van der Waals surface area contributed by atoms with E-state index in [-0.39, 0.29) is 0 Å². The summed E-state index contributed by atoms with van der Waals surface area (Å²) in [5.74, 6) is 1.00. The largest absolute Gasteiger partial charge is 0.348 e. The number of rotatable bonds is 4. The quantitative estimate of drug-likeness (QED) is 0.700. The maximum atomic E-state index is 4.72. The number of nitrogens with zero attached hydrogens (tertiary/aromatic N) is 1. The smallest absolute Gasteiger partial charge is 0.111 e. The Kier molecular flexibility index (Phi) is 4.33. The van der Waals surface area contributed by atoms with Crippen LogP contribution in [-0.4, -0.2) is 9.97 Å². The Morgan fingerprint density at radius 3 is 2.22 bits per heavy atom. The number of aromatic amines is 1. The second-order valence-corrected chi connectivity index (χ2v) is 7.33. The Morgan fingerprint density at radius 1 is 0.870 bits per heavy atom. The lowest BCUT2D eigenvalue weighted by molar-refractivity contribution is 0.411. The monoisotopic (exact) mass is 304 g/mol. The number of benzene rings is 2. The fourth-order valence-corrected chi connectivity index (χ4v) is 2.79. The minimum Gasteiger partial charge on any atom is -0.348 e. The summed E-state index contributed by atoms with van der Waals surface area (Å²) in [5.41, 5.74) is 5.14. The Hall–Kier alpha value is -2.35. The van der Waals surface area contributed by atoms with Crippen molar-refractivity contribution in [3.05, 3.63) is 77.7 Å². The lowest BCUT2D eigenvalue weighted by atomic mass is 9.88. The SMILES string of the molecule is CC(C)(C)Cc1ccc(-c2c[nH]c(Cc3ccccc3)n2)cc1. The minimum atomic E-state index is 0.316. The molecule has 0 spiro atoms. The van der Waals surface area contributed by atoms with Crippen LogP contribution in [0.25, 0.3) is 11.3 Å². The van der Waals surface area contributed by atoms with E-state index in [1.54, 1.807) is 0 Å². The van der Waals surface area contributed by atoms with Crippen LogP contribution in [0.5, 0.6) is 0 Å². The van der Waals surface area contributed by atoms with Gasteiger partial charge in [0.15, 0.2) is 0 Å². The molecule has 3 rings (SSSR count). The zero-order valence-corrected chi connectivity index (χ0v) is 14.1. The van der Waals surface area contributed by atoms with Crippen LogP contribution in [0.1, 0.15) is 37.7 Å². The fraction of sp³-hybridized carbons (Fsp3) is 0.286. The summed E-state index contributed by atoms with van der Waals surface area (Å²) in [6, 6.07) is 19.2. The van der Waals surface area contributed by atoms with Gasteiger partial charge in [0.25, 0.3) is 0 Å². The minimum absolute atomic E-state index is 0.316. The second-order valence-electron chi connectivity index (χ2n) is 7.33. The highest BCUT2D eigenvalue weighted by molar-refractivity contribution is 5.59. The van der Waals surface area contributed by atoms with E-state index >= 15 is 0 Å². The number of nitrogens with one attached hydrogen (secondary N) is 1. The highest BCUT2D eigenvalue weighted by atomic mass is 14.9. The zero-order chi connectivity index (χ0) is 16.3. The Bertz CT molecular complexity index is 747. The number of aromatic nitrogens is 2. The number of imidazole rings is 1. The lowest BCUT2D eigenvalue weighted by Crippen LogP contribution is -2.08. The van der Waals surface area contributed by atoms with Crippen LogP contribution in [-0.2, 0) is 12.8 Å². The summed E-state index contributed by atoms with van der Waals surface area (Å²) in [4.78, 5) is 8.02. The van der Waals surface area contributed by atoms with Crippen LogP contribution in [0.3, 0.4) is 0 Å². The summed E-state index contributed by atoms with van der Waals surface area (Å²) in [6.07, 6.45) is 3.92. The topological polar surface area (TPSA) is 28.7 Å². The molecule has 0 radical (unpaired) electrons. The number of hydrogen-bond donors (Lipinski definition) is 1. The van der Waals surface area contributed by atoms with E-state index in [9.17, 15) is 0 Å². The number of H-pyrrole nitrogens is 1. The third kappa shape index (κ3) is 4.32. The molecule has 1 aromatic heterocycles. The van der Waals surface area contributed by atoms with E-state index in [0.29, 0.717) is 5.41 Å². The van der Waals surface area contributed by atoms with E-state index in [4.69, 9.17) is 4.98 Å². The third-order valence-electron chi connectivity index (χ3n) is 3.83. The van der Waals surface area contributed by atoms with Gasteiger partial charge in [-0.1, -0.05) is 75.4 Å². The molecule has 0 aliphatic carbocycles. The van der Waals surface area contributed by atoms with Crippen molar-refractivity contribution >= 4 is 0 Å². The average Bonchev–Trinajstić information content (AvgIpc) is 2.96. The first-order valence-corrected chi connectivity index (χ1v) is 8.17. The molecule has 2 aromatic carbocycles. The normalized spacial score (nSPS) is 11.6. The molecule has 0 unspecified atom stereocenters. The van der Waals surface area contributed by atoms with Gasteiger partial charge in [0.05, 0.1) is 5.69 Å². The summed E-state index contributed by atoms with van der Waals surface area (Å²) in [5, 5.41) is 0. The van der Waals surface area contributed by atoms with E-state index < -0.39 is 0 Å². The molecule has 23 heavy (non-hydrogen) atoms. The molecule has 0 amide bonds. The molecule has 0 saturated carbocycles. The first-order chi connectivity index (χ1) is 11.0. The van der Waals surface area contributed by atoms with Gasteiger partial charge in [-0.05, 0) is 23.0 Å². The molecule has 118 valence electrons. The molecule has 0 bridgehead atoms. The van der Waals surface area contributed by atoms with Crippen LogP contribution < -0.4 is 0 Å². The van der Waals surface area contributed by atoms with Gasteiger partial charge in [0.2, 0.25) is 0 Å². The second kappa shape index (κ2) is 6.41. The van der Waals surface area contributed by atoms with Crippen molar-refractivity contribution in [1.82, 2.24) is 9.97 Å². The van der Waals surface area contributed by atoms with Crippen molar-refractivity contribution in [2.75, 3.05) is 0 Å². The highest BCUT2D eigenvalue weighted by Crippen LogP contribution is 2.23. The Morgan fingerprint density at radius 2 is 1.57 bits per heavy atom. The number of hydrogen-bond acceptors (Lipinski definition) is 1. The maximum Gasteiger partial charge on any atom is 0.111 e. The van der Waals surface area contributed by atoms with Gasteiger partial charge in [-0.2, -0.15) is 0 Å². The molecular formula is C21H24N2. The van der Waals surface area contributed by atoms with Crippen molar-refractivity contribution in [1.29, 1.82) is 0 Å². The standard InChI is InChI=1S/C21H24N2/c1-21(2,3)14-17-9-11-18(12-10-17)19-15-22-20(23-19)13-16-7-5-4-6-8-16/h4-12,15H,13-14H2,1-3H3,(H,22,23). The first-order valence-electron chi connectivity index (χ1n) is 8.17. The predicted molar refractivity (Wildman–Crippen MR) is 96.4 cm³/mol. The van der Waals surface area contributed by atoms with E-state index in [1.165, 1.54) is 16.7 Å². The Balaban J connectivity index is 1.73. The summed E-state index contributed by atoms with van der Waals surface area (Å²) < 4.78 is 0. The molecule has 1 N–H and O–H groups in total. The van der Waals surface area contributed by atoms with Crippen LogP contribution in [0, 0.1) is 5.41 Å². The maximum absolute atomic E-state index is 4.72. The van der Waals surface area contributed by atoms with Gasteiger partial charge < -0.3 is 4.98 Å². The summed E-state index contributed by atoms with van der Waals surface area (Å²) in [6.45, 7) is 6.81. The fourth-order valence-electron chi connectivity index (χ4n) is 2.79. The van der Waals surface area contributed by atoms with E-state index in [0.717, 1.165) is 24.4 Å². The third-order valence-corrected chi connectivity index (χ3v) is 3.83. The van der Waals surface area contributed by atoms with Gasteiger partial charge in [-0.25, -0.2) is 4.98 Å². The van der Waals surface area contributed by atoms with Gasteiger partial charge in [-0.15, -0.1) is 0 Å². The van der Waals surface area contributed by atoms with Gasteiger partial charge >= 0.3 is 0 Å². The molecule has 2 nitrogen and oxygen atoms in total.